The highest BCUT2D eigenvalue weighted by molar-refractivity contribution is 5.88. The van der Waals surface area contributed by atoms with Gasteiger partial charge < -0.3 is 19.9 Å². The van der Waals surface area contributed by atoms with E-state index in [1.165, 1.54) is 0 Å². The first-order valence-corrected chi connectivity index (χ1v) is 10.8. The fourth-order valence-electron chi connectivity index (χ4n) is 3.63. The van der Waals surface area contributed by atoms with E-state index in [4.69, 9.17) is 4.74 Å². The lowest BCUT2D eigenvalue weighted by Gasteiger charge is -2.36. The van der Waals surface area contributed by atoms with Crippen LogP contribution in [0, 0.1) is 11.8 Å². The number of carbonyl (C=O) groups excluding carboxylic acids is 2. The SMILES string of the molecule is CC(C)(C)OC(=O)N1CCN(C(=O)NC2(C#Cc3cccc4ccccc34)CC2)CC1. The minimum absolute atomic E-state index is 0.117. The molecule has 3 amide bonds. The van der Waals surface area contributed by atoms with Gasteiger partial charge in [-0.25, -0.2) is 9.59 Å². The van der Waals surface area contributed by atoms with Gasteiger partial charge in [0.15, 0.2) is 0 Å². The van der Waals surface area contributed by atoms with E-state index in [9.17, 15) is 9.59 Å². The Hall–Kier alpha value is -3.20. The number of hydrogen-bond donors (Lipinski definition) is 1. The van der Waals surface area contributed by atoms with Gasteiger partial charge in [-0.15, -0.1) is 0 Å². The number of benzene rings is 2. The Kier molecular flexibility index (Phi) is 5.53. The van der Waals surface area contributed by atoms with Gasteiger partial charge in [0.05, 0.1) is 0 Å². The molecule has 6 nitrogen and oxygen atoms in total. The molecular formula is C25H29N3O3. The Morgan fingerprint density at radius 2 is 1.61 bits per heavy atom. The highest BCUT2D eigenvalue weighted by Gasteiger charge is 2.44. The van der Waals surface area contributed by atoms with Crippen LogP contribution in [0.3, 0.4) is 0 Å². The molecule has 2 aliphatic rings. The molecule has 0 aromatic heterocycles. The minimum atomic E-state index is -0.521. The number of rotatable bonds is 1. The van der Waals surface area contributed by atoms with Crippen molar-refractivity contribution in [3.05, 3.63) is 48.0 Å². The molecule has 1 aliphatic carbocycles. The van der Waals surface area contributed by atoms with Crippen LogP contribution in [0.15, 0.2) is 42.5 Å². The summed E-state index contributed by atoms with van der Waals surface area (Å²) in [5.41, 5.74) is 0.00726. The van der Waals surface area contributed by atoms with Crippen LogP contribution in [0.25, 0.3) is 10.8 Å². The van der Waals surface area contributed by atoms with E-state index in [2.05, 4.69) is 35.4 Å². The average Bonchev–Trinajstić information content (AvgIpc) is 3.50. The van der Waals surface area contributed by atoms with Gasteiger partial charge in [0, 0.05) is 31.7 Å². The van der Waals surface area contributed by atoms with Crippen molar-refractivity contribution in [2.75, 3.05) is 26.2 Å². The summed E-state index contributed by atoms with van der Waals surface area (Å²) >= 11 is 0. The predicted molar refractivity (Wildman–Crippen MR) is 121 cm³/mol. The predicted octanol–water partition coefficient (Wildman–Crippen LogP) is 3.99. The first kappa shape index (κ1) is 21.0. The molecule has 0 spiro atoms. The molecule has 2 fully saturated rings. The summed E-state index contributed by atoms with van der Waals surface area (Å²) in [5.74, 6) is 6.60. The molecule has 2 aromatic rings. The zero-order valence-electron chi connectivity index (χ0n) is 18.4. The lowest BCUT2D eigenvalue weighted by Crippen LogP contribution is -2.55. The first-order valence-electron chi connectivity index (χ1n) is 10.8. The maximum atomic E-state index is 12.8. The Morgan fingerprint density at radius 3 is 2.29 bits per heavy atom. The average molecular weight is 420 g/mol. The number of nitrogens with one attached hydrogen (secondary N) is 1. The van der Waals surface area contributed by atoms with Gasteiger partial charge in [0.25, 0.3) is 0 Å². The van der Waals surface area contributed by atoms with Crippen molar-refractivity contribution in [1.82, 2.24) is 15.1 Å². The standard InChI is InChI=1S/C25H29N3O3/c1-24(2,3)31-23(30)28-17-15-27(16-18-28)22(29)26-25(13-14-25)12-11-20-9-6-8-19-7-4-5-10-21(19)20/h4-10H,13-18H2,1-3H3,(H,26,29). The van der Waals surface area contributed by atoms with Gasteiger partial charge in [-0.1, -0.05) is 48.2 Å². The molecule has 2 aromatic carbocycles. The van der Waals surface area contributed by atoms with Crippen molar-refractivity contribution in [3.8, 4) is 11.8 Å². The largest absolute Gasteiger partial charge is 0.444 e. The monoisotopic (exact) mass is 419 g/mol. The topological polar surface area (TPSA) is 61.9 Å². The molecule has 1 saturated heterocycles. The molecule has 4 rings (SSSR count). The molecule has 0 atom stereocenters. The van der Waals surface area contributed by atoms with Crippen LogP contribution in [0.4, 0.5) is 9.59 Å². The number of amides is 3. The number of hydrogen-bond acceptors (Lipinski definition) is 3. The van der Waals surface area contributed by atoms with Gasteiger partial charge in [0.2, 0.25) is 0 Å². The van der Waals surface area contributed by atoms with E-state index < -0.39 is 11.1 Å². The van der Waals surface area contributed by atoms with Crippen molar-refractivity contribution >= 4 is 22.9 Å². The van der Waals surface area contributed by atoms with Gasteiger partial charge in [-0.05, 0) is 50.5 Å². The lowest BCUT2D eigenvalue weighted by molar-refractivity contribution is 0.0169. The third-order valence-electron chi connectivity index (χ3n) is 5.54. The highest BCUT2D eigenvalue weighted by Crippen LogP contribution is 2.35. The minimum Gasteiger partial charge on any atom is -0.444 e. The van der Waals surface area contributed by atoms with Gasteiger partial charge in [0.1, 0.15) is 11.1 Å². The molecule has 162 valence electrons. The van der Waals surface area contributed by atoms with Crippen molar-refractivity contribution in [3.63, 3.8) is 0 Å². The number of carbonyl (C=O) groups is 2. The highest BCUT2D eigenvalue weighted by atomic mass is 16.6. The molecule has 6 heteroatoms. The smallest absolute Gasteiger partial charge is 0.410 e. The summed E-state index contributed by atoms with van der Waals surface area (Å²) < 4.78 is 5.42. The van der Waals surface area contributed by atoms with E-state index >= 15 is 0 Å². The quantitative estimate of drug-likeness (QED) is 0.711. The van der Waals surface area contributed by atoms with Crippen LogP contribution < -0.4 is 5.32 Å². The molecule has 0 unspecified atom stereocenters. The second-order valence-electron chi connectivity index (χ2n) is 9.24. The number of fused-ring (bicyclic) bond motifs is 1. The molecular weight excluding hydrogens is 390 g/mol. The summed E-state index contributed by atoms with van der Waals surface area (Å²) in [4.78, 5) is 28.4. The zero-order chi connectivity index (χ0) is 22.1. The van der Waals surface area contributed by atoms with Crippen molar-refractivity contribution in [2.24, 2.45) is 0 Å². The van der Waals surface area contributed by atoms with Gasteiger partial charge >= 0.3 is 12.1 Å². The van der Waals surface area contributed by atoms with Crippen LogP contribution in [-0.2, 0) is 4.74 Å². The third-order valence-corrected chi connectivity index (χ3v) is 5.54. The van der Waals surface area contributed by atoms with Crippen molar-refractivity contribution < 1.29 is 14.3 Å². The number of nitrogens with zero attached hydrogens (tertiary/aromatic N) is 2. The van der Waals surface area contributed by atoms with Crippen LogP contribution >= 0.6 is 0 Å². The number of ether oxygens (including phenoxy) is 1. The van der Waals surface area contributed by atoms with Gasteiger partial charge in [-0.2, -0.15) is 0 Å². The zero-order valence-corrected chi connectivity index (χ0v) is 18.4. The molecule has 0 bridgehead atoms. The van der Waals surface area contributed by atoms with E-state index in [1.54, 1.807) is 9.80 Å². The normalized spacial score (nSPS) is 17.5. The maximum absolute atomic E-state index is 12.8. The second-order valence-corrected chi connectivity index (χ2v) is 9.24. The van der Waals surface area contributed by atoms with Gasteiger partial charge in [-0.3, -0.25) is 0 Å². The summed E-state index contributed by atoms with van der Waals surface area (Å²) in [6.07, 6.45) is 1.38. The van der Waals surface area contributed by atoms with E-state index in [0.717, 1.165) is 29.2 Å². The molecule has 31 heavy (non-hydrogen) atoms. The van der Waals surface area contributed by atoms with Crippen molar-refractivity contribution in [1.29, 1.82) is 0 Å². The molecule has 1 saturated carbocycles. The maximum Gasteiger partial charge on any atom is 0.410 e. The fourth-order valence-corrected chi connectivity index (χ4v) is 3.63. The first-order chi connectivity index (χ1) is 14.7. The van der Waals surface area contributed by atoms with Crippen LogP contribution in [0.5, 0.6) is 0 Å². The summed E-state index contributed by atoms with van der Waals surface area (Å²) in [7, 11) is 0. The molecule has 1 N–H and O–H groups in total. The van der Waals surface area contributed by atoms with Crippen LogP contribution in [-0.4, -0.2) is 59.2 Å². The van der Waals surface area contributed by atoms with E-state index in [0.29, 0.717) is 26.2 Å². The second kappa shape index (κ2) is 8.14. The Labute approximate surface area is 183 Å². The van der Waals surface area contributed by atoms with E-state index in [-0.39, 0.29) is 12.1 Å². The summed E-state index contributed by atoms with van der Waals surface area (Å²) in [5, 5.41) is 5.40. The fraction of sp³-hybridized carbons (Fsp3) is 0.440. The van der Waals surface area contributed by atoms with Crippen molar-refractivity contribution in [2.45, 2.75) is 44.8 Å². The Bertz CT molecular complexity index is 1040. The molecule has 0 radical (unpaired) electrons. The number of piperazine rings is 1. The Morgan fingerprint density at radius 1 is 0.968 bits per heavy atom. The summed E-state index contributed by atoms with van der Waals surface area (Å²) in [6, 6.07) is 14.2. The molecule has 1 heterocycles. The Balaban J connectivity index is 1.36. The molecule has 1 aliphatic heterocycles. The van der Waals surface area contributed by atoms with Crippen LogP contribution in [0.1, 0.15) is 39.2 Å². The third kappa shape index (κ3) is 5.11. The van der Waals surface area contributed by atoms with E-state index in [1.807, 2.05) is 45.0 Å². The lowest BCUT2D eigenvalue weighted by atomic mass is 10.0. The number of urea groups is 1. The summed E-state index contributed by atoms with van der Waals surface area (Å²) in [6.45, 7) is 7.46. The van der Waals surface area contributed by atoms with Crippen LogP contribution in [0.2, 0.25) is 0 Å².